The number of ether oxygens (including phenoxy) is 1. The molecule has 9 heteroatoms. The molecule has 1 saturated heterocycles. The highest BCUT2D eigenvalue weighted by Crippen LogP contribution is 2.16. The highest BCUT2D eigenvalue weighted by molar-refractivity contribution is 5.92. The van der Waals surface area contributed by atoms with Gasteiger partial charge in [0, 0.05) is 26.2 Å². The van der Waals surface area contributed by atoms with Crippen LogP contribution in [0.4, 0.5) is 4.79 Å². The van der Waals surface area contributed by atoms with Crippen LogP contribution in [0.25, 0.3) is 0 Å². The maximum absolute atomic E-state index is 12.3. The van der Waals surface area contributed by atoms with Crippen molar-refractivity contribution < 1.29 is 14.3 Å². The Balaban J connectivity index is 2.02. The second kappa shape index (κ2) is 6.30. The smallest absolute Gasteiger partial charge is 0.410 e. The van der Waals surface area contributed by atoms with E-state index < -0.39 is 5.60 Å². The van der Waals surface area contributed by atoms with Crippen molar-refractivity contribution in [3.8, 4) is 0 Å². The van der Waals surface area contributed by atoms with Crippen molar-refractivity contribution in [3.05, 3.63) is 11.9 Å². The number of aromatic nitrogens is 3. The fourth-order valence-electron chi connectivity index (χ4n) is 2.27. The molecule has 9 nitrogen and oxygen atoms in total. The second-order valence-corrected chi connectivity index (χ2v) is 6.17. The van der Waals surface area contributed by atoms with Gasteiger partial charge in [0.1, 0.15) is 5.60 Å². The van der Waals surface area contributed by atoms with E-state index in [0.29, 0.717) is 19.6 Å². The summed E-state index contributed by atoms with van der Waals surface area (Å²) in [6, 6.07) is -0.273. The summed E-state index contributed by atoms with van der Waals surface area (Å²) in [6.07, 6.45) is 0.982. The lowest BCUT2D eigenvalue weighted by molar-refractivity contribution is 0.00516. The molecule has 1 fully saturated rings. The minimum Gasteiger partial charge on any atom is -0.444 e. The van der Waals surface area contributed by atoms with Crippen LogP contribution in [0.1, 0.15) is 31.3 Å². The van der Waals surface area contributed by atoms with Crippen molar-refractivity contribution in [2.75, 3.05) is 26.2 Å². The summed E-state index contributed by atoms with van der Waals surface area (Å²) in [5, 5.41) is 9.83. The molecule has 2 amide bonds. The molecule has 2 heterocycles. The largest absolute Gasteiger partial charge is 0.444 e. The van der Waals surface area contributed by atoms with E-state index in [1.54, 1.807) is 9.80 Å². The average Bonchev–Trinajstić information content (AvgIpc) is 2.98. The molecular formula is C13H22N6O3. The van der Waals surface area contributed by atoms with E-state index in [9.17, 15) is 9.59 Å². The van der Waals surface area contributed by atoms with Gasteiger partial charge in [0.05, 0.1) is 12.2 Å². The first-order chi connectivity index (χ1) is 10.3. The van der Waals surface area contributed by atoms with Crippen molar-refractivity contribution >= 4 is 12.0 Å². The molecule has 0 radical (unpaired) electrons. The fourth-order valence-corrected chi connectivity index (χ4v) is 2.27. The number of hydrogen-bond acceptors (Lipinski definition) is 6. The molecule has 0 aromatic carbocycles. The monoisotopic (exact) mass is 310 g/mol. The zero-order valence-electron chi connectivity index (χ0n) is 13.1. The number of hydrogen-bond donors (Lipinski definition) is 2. The Labute approximate surface area is 128 Å². The van der Waals surface area contributed by atoms with Crippen LogP contribution in [0.5, 0.6) is 0 Å². The molecule has 1 aliphatic rings. The number of H-pyrrole nitrogens is 1. The minimum absolute atomic E-state index is 0.240. The maximum Gasteiger partial charge on any atom is 0.410 e. The summed E-state index contributed by atoms with van der Waals surface area (Å²) in [5.74, 6) is -0.243. The lowest BCUT2D eigenvalue weighted by atomic mass is 10.1. The predicted octanol–water partition coefficient (Wildman–Crippen LogP) is -0.175. The van der Waals surface area contributed by atoms with Crippen molar-refractivity contribution in [1.29, 1.82) is 0 Å². The number of nitrogens with zero attached hydrogens (tertiary/aromatic N) is 4. The molecule has 22 heavy (non-hydrogen) atoms. The van der Waals surface area contributed by atoms with E-state index in [1.807, 2.05) is 20.8 Å². The first kappa shape index (κ1) is 16.2. The van der Waals surface area contributed by atoms with Crippen LogP contribution in [0.2, 0.25) is 0 Å². The summed E-state index contributed by atoms with van der Waals surface area (Å²) < 4.78 is 5.35. The zero-order valence-corrected chi connectivity index (χ0v) is 13.1. The van der Waals surface area contributed by atoms with E-state index in [0.717, 1.165) is 0 Å². The Morgan fingerprint density at radius 2 is 2.18 bits per heavy atom. The lowest BCUT2D eigenvalue weighted by Gasteiger charge is -2.40. The van der Waals surface area contributed by atoms with Crippen LogP contribution in [-0.2, 0) is 4.74 Å². The molecule has 1 aromatic rings. The van der Waals surface area contributed by atoms with Crippen LogP contribution in [0.3, 0.4) is 0 Å². The molecular weight excluding hydrogens is 288 g/mol. The Morgan fingerprint density at radius 1 is 1.45 bits per heavy atom. The number of amides is 2. The first-order valence-electron chi connectivity index (χ1n) is 7.16. The standard InChI is InChI=1S/C13H22N6O3/c1-13(2,3)22-12(21)18-4-5-19(9(6-14)8-18)11(20)10-7-15-17-16-10/h7,9H,4-6,8,14H2,1-3H3,(H,15,16,17). The third-order valence-electron chi connectivity index (χ3n) is 3.30. The molecule has 0 spiro atoms. The van der Waals surface area contributed by atoms with E-state index >= 15 is 0 Å². The van der Waals surface area contributed by atoms with Gasteiger partial charge in [-0.2, -0.15) is 15.4 Å². The summed E-state index contributed by atoms with van der Waals surface area (Å²) in [7, 11) is 0. The number of piperazine rings is 1. The van der Waals surface area contributed by atoms with Gasteiger partial charge in [-0.3, -0.25) is 4.79 Å². The zero-order chi connectivity index (χ0) is 16.3. The van der Waals surface area contributed by atoms with Crippen LogP contribution in [-0.4, -0.2) is 75.0 Å². The normalized spacial score (nSPS) is 19.2. The molecule has 0 aliphatic carbocycles. The number of rotatable bonds is 2. The first-order valence-corrected chi connectivity index (χ1v) is 7.16. The van der Waals surface area contributed by atoms with E-state index in [2.05, 4.69) is 15.4 Å². The molecule has 1 aliphatic heterocycles. The summed E-state index contributed by atoms with van der Waals surface area (Å²) in [4.78, 5) is 27.7. The van der Waals surface area contributed by atoms with Gasteiger partial charge in [-0.15, -0.1) is 0 Å². The van der Waals surface area contributed by atoms with Gasteiger partial charge in [-0.1, -0.05) is 0 Å². The Hall–Kier alpha value is -2.16. The van der Waals surface area contributed by atoms with E-state index in [4.69, 9.17) is 10.5 Å². The van der Waals surface area contributed by atoms with Gasteiger partial charge in [-0.05, 0) is 20.8 Å². The summed E-state index contributed by atoms with van der Waals surface area (Å²) in [6.45, 7) is 6.82. The average molecular weight is 310 g/mol. The van der Waals surface area contributed by atoms with Gasteiger partial charge < -0.3 is 20.3 Å². The maximum atomic E-state index is 12.3. The van der Waals surface area contributed by atoms with Crippen LogP contribution >= 0.6 is 0 Å². The Bertz CT molecular complexity index is 524. The third-order valence-corrected chi connectivity index (χ3v) is 3.30. The third kappa shape index (κ3) is 3.73. The SMILES string of the molecule is CC(C)(C)OC(=O)N1CCN(C(=O)c2cn[nH]n2)C(CN)C1. The van der Waals surface area contributed by atoms with Gasteiger partial charge >= 0.3 is 6.09 Å². The van der Waals surface area contributed by atoms with Crippen molar-refractivity contribution in [2.45, 2.75) is 32.4 Å². The quantitative estimate of drug-likeness (QED) is 0.783. The molecule has 1 unspecified atom stereocenters. The van der Waals surface area contributed by atoms with Gasteiger partial charge in [0.15, 0.2) is 5.69 Å². The van der Waals surface area contributed by atoms with Crippen molar-refractivity contribution in [1.82, 2.24) is 25.2 Å². The molecule has 0 bridgehead atoms. The van der Waals surface area contributed by atoms with Gasteiger partial charge in [-0.25, -0.2) is 4.79 Å². The number of nitrogens with two attached hydrogens (primary N) is 1. The molecule has 2 rings (SSSR count). The fraction of sp³-hybridized carbons (Fsp3) is 0.692. The minimum atomic E-state index is -0.553. The van der Waals surface area contributed by atoms with Gasteiger partial charge in [0.2, 0.25) is 0 Å². The van der Waals surface area contributed by atoms with Crippen molar-refractivity contribution in [2.24, 2.45) is 5.73 Å². The van der Waals surface area contributed by atoms with Crippen LogP contribution in [0.15, 0.2) is 6.20 Å². The second-order valence-electron chi connectivity index (χ2n) is 6.17. The number of carbonyl (C=O) groups excluding carboxylic acids is 2. The lowest BCUT2D eigenvalue weighted by Crippen LogP contribution is -2.59. The van der Waals surface area contributed by atoms with Gasteiger partial charge in [0.25, 0.3) is 5.91 Å². The van der Waals surface area contributed by atoms with Crippen LogP contribution in [0, 0.1) is 0 Å². The molecule has 3 N–H and O–H groups in total. The predicted molar refractivity (Wildman–Crippen MR) is 78.1 cm³/mol. The molecule has 1 atom stereocenters. The molecule has 1 aromatic heterocycles. The highest BCUT2D eigenvalue weighted by atomic mass is 16.6. The Morgan fingerprint density at radius 3 is 2.73 bits per heavy atom. The van der Waals surface area contributed by atoms with Crippen molar-refractivity contribution in [3.63, 3.8) is 0 Å². The topological polar surface area (TPSA) is 117 Å². The molecule has 122 valence electrons. The number of nitrogens with one attached hydrogen (secondary N) is 1. The van der Waals surface area contributed by atoms with E-state index in [1.165, 1.54) is 6.20 Å². The summed E-state index contributed by atoms with van der Waals surface area (Å²) in [5.41, 5.74) is 5.45. The van der Waals surface area contributed by atoms with E-state index in [-0.39, 0.29) is 30.3 Å². The van der Waals surface area contributed by atoms with Crippen LogP contribution < -0.4 is 5.73 Å². The number of carbonyl (C=O) groups is 2. The summed E-state index contributed by atoms with van der Waals surface area (Å²) >= 11 is 0. The highest BCUT2D eigenvalue weighted by Gasteiger charge is 2.34. The molecule has 0 saturated carbocycles. The number of aromatic amines is 1. The Kier molecular flexibility index (Phi) is 4.65.